The van der Waals surface area contributed by atoms with Gasteiger partial charge in [0.25, 0.3) is 0 Å². The smallest absolute Gasteiger partial charge is 0.235 e. The Labute approximate surface area is 160 Å². The minimum Gasteiger partial charge on any atom is -0.342 e. The van der Waals surface area contributed by atoms with E-state index >= 15 is 0 Å². The molecule has 1 amide bonds. The summed E-state index contributed by atoms with van der Waals surface area (Å²) >= 11 is 1.49. The highest BCUT2D eigenvalue weighted by molar-refractivity contribution is 8.00. The van der Waals surface area contributed by atoms with Gasteiger partial charge in [0.1, 0.15) is 5.82 Å². The Morgan fingerprint density at radius 1 is 1.19 bits per heavy atom. The maximum Gasteiger partial charge on any atom is 0.235 e. The summed E-state index contributed by atoms with van der Waals surface area (Å²) in [5.41, 5.74) is 2.23. The van der Waals surface area contributed by atoms with Gasteiger partial charge in [0.05, 0.1) is 10.9 Å². The van der Waals surface area contributed by atoms with Crippen molar-refractivity contribution >= 4 is 17.7 Å². The molecule has 2 aromatic rings. The zero-order chi connectivity index (χ0) is 18.7. The van der Waals surface area contributed by atoms with Crippen molar-refractivity contribution in [2.45, 2.75) is 69.3 Å². The first-order chi connectivity index (χ1) is 12.5. The van der Waals surface area contributed by atoms with E-state index in [0.717, 1.165) is 35.1 Å². The van der Waals surface area contributed by atoms with Gasteiger partial charge in [-0.25, -0.2) is 0 Å². The molecular weight excluding hydrogens is 344 g/mol. The molecule has 1 atom stereocenters. The Morgan fingerprint density at radius 3 is 2.58 bits per heavy atom. The molecule has 1 aromatic heterocycles. The Hall–Kier alpha value is -1.82. The lowest BCUT2D eigenvalue weighted by molar-refractivity contribution is -0.131. The van der Waals surface area contributed by atoms with Crippen LogP contribution < -0.4 is 0 Å². The number of thioether (sulfide) groups is 1. The molecule has 1 aromatic carbocycles. The van der Waals surface area contributed by atoms with E-state index in [9.17, 15) is 4.79 Å². The van der Waals surface area contributed by atoms with E-state index < -0.39 is 0 Å². The third-order valence-electron chi connectivity index (χ3n) is 5.25. The Morgan fingerprint density at radius 2 is 1.88 bits per heavy atom. The molecule has 0 aliphatic heterocycles. The summed E-state index contributed by atoms with van der Waals surface area (Å²) in [4.78, 5) is 14.9. The van der Waals surface area contributed by atoms with Crippen molar-refractivity contribution in [3.05, 3.63) is 35.7 Å². The van der Waals surface area contributed by atoms with Crippen molar-refractivity contribution in [1.29, 1.82) is 0 Å². The molecule has 1 fully saturated rings. The number of amides is 1. The van der Waals surface area contributed by atoms with Gasteiger partial charge < -0.3 is 4.90 Å². The number of carbonyl (C=O) groups excluding carboxylic acids is 1. The van der Waals surface area contributed by atoms with Crippen LogP contribution in [0.4, 0.5) is 0 Å². The van der Waals surface area contributed by atoms with Crippen molar-refractivity contribution in [1.82, 2.24) is 19.7 Å². The topological polar surface area (TPSA) is 51.0 Å². The third kappa shape index (κ3) is 3.95. The SMILES string of the molecule is Cc1ccccc1-n1c(C)nnc1SC(C)C(=O)N(C)C1CCCCC1. The molecule has 0 bridgehead atoms. The first-order valence-electron chi connectivity index (χ1n) is 9.40. The highest BCUT2D eigenvalue weighted by Crippen LogP contribution is 2.29. The summed E-state index contributed by atoms with van der Waals surface area (Å²) in [5.74, 6) is 1.01. The lowest BCUT2D eigenvalue weighted by atomic mass is 9.94. The van der Waals surface area contributed by atoms with E-state index in [2.05, 4.69) is 29.3 Å². The van der Waals surface area contributed by atoms with E-state index in [-0.39, 0.29) is 11.2 Å². The molecule has 1 aliphatic rings. The van der Waals surface area contributed by atoms with Gasteiger partial charge in [-0.05, 0) is 45.2 Å². The molecule has 1 unspecified atom stereocenters. The largest absolute Gasteiger partial charge is 0.342 e. The van der Waals surface area contributed by atoms with Gasteiger partial charge in [0.15, 0.2) is 5.16 Å². The van der Waals surface area contributed by atoms with Crippen molar-refractivity contribution in [3.8, 4) is 5.69 Å². The molecule has 1 heterocycles. The Balaban J connectivity index is 1.77. The number of carbonyl (C=O) groups is 1. The normalized spacial score (nSPS) is 16.5. The second-order valence-electron chi connectivity index (χ2n) is 7.15. The van der Waals surface area contributed by atoms with Gasteiger partial charge in [0, 0.05) is 13.1 Å². The summed E-state index contributed by atoms with van der Waals surface area (Å²) in [5, 5.41) is 9.17. The molecule has 26 heavy (non-hydrogen) atoms. The second-order valence-corrected chi connectivity index (χ2v) is 8.46. The van der Waals surface area contributed by atoms with E-state index in [1.807, 2.05) is 42.5 Å². The fourth-order valence-electron chi connectivity index (χ4n) is 3.65. The predicted octanol–water partition coefficient (Wildman–Crippen LogP) is 4.16. The molecule has 0 radical (unpaired) electrons. The predicted molar refractivity (Wildman–Crippen MR) is 106 cm³/mol. The van der Waals surface area contributed by atoms with E-state index in [0.29, 0.717) is 6.04 Å². The molecule has 6 heteroatoms. The van der Waals surface area contributed by atoms with Crippen LogP contribution in [-0.4, -0.2) is 43.9 Å². The highest BCUT2D eigenvalue weighted by Gasteiger charge is 2.27. The van der Waals surface area contributed by atoms with Crippen LogP contribution in [0.3, 0.4) is 0 Å². The first-order valence-corrected chi connectivity index (χ1v) is 10.3. The standard InChI is InChI=1S/C20H28N4OS/c1-14-10-8-9-13-18(14)24-16(3)21-22-20(24)26-15(2)19(25)23(4)17-11-6-5-7-12-17/h8-10,13,15,17H,5-7,11-12H2,1-4H3. The van der Waals surface area contributed by atoms with Gasteiger partial charge in [-0.1, -0.05) is 49.2 Å². The summed E-state index contributed by atoms with van der Waals surface area (Å²) in [6.45, 7) is 6.00. The number of aryl methyl sites for hydroxylation is 2. The molecule has 1 saturated carbocycles. The summed E-state index contributed by atoms with van der Waals surface area (Å²) in [6, 6.07) is 8.57. The molecule has 3 rings (SSSR count). The Kier molecular flexibility index (Phi) is 6.01. The van der Waals surface area contributed by atoms with Gasteiger partial charge in [-0.15, -0.1) is 10.2 Å². The van der Waals surface area contributed by atoms with Crippen molar-refractivity contribution in [3.63, 3.8) is 0 Å². The van der Waals surface area contributed by atoms with E-state index in [1.165, 1.54) is 31.0 Å². The Bertz CT molecular complexity index is 767. The molecule has 5 nitrogen and oxygen atoms in total. The van der Waals surface area contributed by atoms with Gasteiger partial charge in [-0.2, -0.15) is 0 Å². The first kappa shape index (κ1) is 19.0. The maximum atomic E-state index is 12.9. The summed E-state index contributed by atoms with van der Waals surface area (Å²) in [7, 11) is 1.95. The average molecular weight is 373 g/mol. The number of aromatic nitrogens is 3. The number of hydrogen-bond acceptors (Lipinski definition) is 4. The highest BCUT2D eigenvalue weighted by atomic mass is 32.2. The third-order valence-corrected chi connectivity index (χ3v) is 6.28. The van der Waals surface area contributed by atoms with Crippen molar-refractivity contribution in [2.75, 3.05) is 7.05 Å². The number of para-hydroxylation sites is 1. The number of benzene rings is 1. The lowest BCUT2D eigenvalue weighted by Crippen LogP contribution is -2.42. The van der Waals surface area contributed by atoms with Gasteiger partial charge in [0.2, 0.25) is 5.91 Å². The molecule has 0 saturated heterocycles. The van der Waals surface area contributed by atoms with Crippen molar-refractivity contribution < 1.29 is 4.79 Å². The molecule has 140 valence electrons. The summed E-state index contributed by atoms with van der Waals surface area (Å²) < 4.78 is 2.05. The molecular formula is C20H28N4OS. The van der Waals surface area contributed by atoms with Crippen molar-refractivity contribution in [2.24, 2.45) is 0 Å². The zero-order valence-electron chi connectivity index (χ0n) is 16.1. The maximum absolute atomic E-state index is 12.9. The monoisotopic (exact) mass is 372 g/mol. The fourth-order valence-corrected chi connectivity index (χ4v) is 4.66. The van der Waals surface area contributed by atoms with Crippen LogP contribution in [0.15, 0.2) is 29.4 Å². The van der Waals surface area contributed by atoms with Gasteiger partial charge >= 0.3 is 0 Å². The molecule has 1 aliphatic carbocycles. The second kappa shape index (κ2) is 8.25. The van der Waals surface area contributed by atoms with Crippen LogP contribution in [-0.2, 0) is 4.79 Å². The number of nitrogens with zero attached hydrogens (tertiary/aromatic N) is 4. The van der Waals surface area contributed by atoms with Crippen LogP contribution in [0.2, 0.25) is 0 Å². The van der Waals surface area contributed by atoms with Crippen LogP contribution in [0.5, 0.6) is 0 Å². The van der Waals surface area contributed by atoms with Crippen LogP contribution in [0, 0.1) is 13.8 Å². The molecule has 0 N–H and O–H groups in total. The fraction of sp³-hybridized carbons (Fsp3) is 0.550. The average Bonchev–Trinajstić information content (AvgIpc) is 3.01. The van der Waals surface area contributed by atoms with E-state index in [1.54, 1.807) is 0 Å². The van der Waals surface area contributed by atoms with E-state index in [4.69, 9.17) is 0 Å². The number of hydrogen-bond donors (Lipinski definition) is 0. The van der Waals surface area contributed by atoms with Crippen LogP contribution in [0.25, 0.3) is 5.69 Å². The lowest BCUT2D eigenvalue weighted by Gasteiger charge is -2.32. The van der Waals surface area contributed by atoms with Crippen LogP contribution >= 0.6 is 11.8 Å². The summed E-state index contributed by atoms with van der Waals surface area (Å²) in [6.07, 6.45) is 5.99. The minimum absolute atomic E-state index is 0.180. The molecule has 0 spiro atoms. The van der Waals surface area contributed by atoms with Gasteiger partial charge in [-0.3, -0.25) is 9.36 Å². The van der Waals surface area contributed by atoms with Crippen LogP contribution in [0.1, 0.15) is 50.4 Å². The quantitative estimate of drug-likeness (QED) is 0.740. The number of rotatable bonds is 5. The zero-order valence-corrected chi connectivity index (χ0v) is 16.9. The minimum atomic E-state index is -0.187.